The van der Waals surface area contributed by atoms with Crippen LogP contribution in [0, 0.1) is 10.1 Å². The molecule has 0 aliphatic carbocycles. The Kier molecular flexibility index (Phi) is 3.78. The minimum atomic E-state index is -0.553. The van der Waals surface area contributed by atoms with Gasteiger partial charge >= 0.3 is 0 Å². The molecule has 1 heterocycles. The third-order valence-corrected chi connectivity index (χ3v) is 3.49. The van der Waals surface area contributed by atoms with Crippen molar-refractivity contribution in [3.63, 3.8) is 0 Å². The molecule has 2 aromatic carbocycles. The number of hydrogen-bond donors (Lipinski definition) is 1. The zero-order valence-corrected chi connectivity index (χ0v) is 12.6. The van der Waals surface area contributed by atoms with E-state index in [1.54, 1.807) is 24.3 Å². The number of nitrogens with one attached hydrogen (secondary N) is 1. The zero-order valence-electron chi connectivity index (χ0n) is 12.6. The average Bonchev–Trinajstić information content (AvgIpc) is 2.58. The van der Waals surface area contributed by atoms with Crippen LogP contribution in [0.3, 0.4) is 0 Å². The number of anilines is 1. The summed E-state index contributed by atoms with van der Waals surface area (Å²) in [5.41, 5.74) is -0.100. The van der Waals surface area contributed by atoms with E-state index < -0.39 is 10.8 Å². The third-order valence-electron chi connectivity index (χ3n) is 3.49. The lowest BCUT2D eigenvalue weighted by molar-refractivity contribution is -0.384. The highest BCUT2D eigenvalue weighted by Crippen LogP contribution is 2.19. The molecule has 1 aromatic heterocycles. The van der Waals surface area contributed by atoms with Crippen LogP contribution >= 0.6 is 0 Å². The van der Waals surface area contributed by atoms with E-state index in [4.69, 9.17) is 0 Å². The predicted octanol–water partition coefficient (Wildman–Crippen LogP) is 2.09. The van der Waals surface area contributed by atoms with Crippen molar-refractivity contribution in [3.05, 3.63) is 74.7 Å². The zero-order chi connectivity index (χ0) is 17.3. The quantitative estimate of drug-likeness (QED) is 0.586. The van der Waals surface area contributed by atoms with E-state index in [-0.39, 0.29) is 22.6 Å². The summed E-state index contributed by atoms with van der Waals surface area (Å²) in [6.45, 7) is 0. The fraction of sp³-hybridized carbons (Fsp3) is 0.0625. The Morgan fingerprint density at radius 1 is 1.17 bits per heavy atom. The van der Waals surface area contributed by atoms with E-state index >= 15 is 0 Å². The van der Waals surface area contributed by atoms with Crippen LogP contribution in [0.1, 0.15) is 10.5 Å². The maximum absolute atomic E-state index is 12.5. The summed E-state index contributed by atoms with van der Waals surface area (Å²) in [5.74, 6) is -0.553. The number of nitro benzene ring substituents is 1. The second-order valence-corrected chi connectivity index (χ2v) is 5.08. The van der Waals surface area contributed by atoms with Crippen LogP contribution in [-0.4, -0.2) is 20.6 Å². The lowest BCUT2D eigenvalue weighted by Crippen LogP contribution is -2.25. The Morgan fingerprint density at radius 2 is 1.88 bits per heavy atom. The molecule has 120 valence electrons. The van der Waals surface area contributed by atoms with Gasteiger partial charge in [-0.3, -0.25) is 19.7 Å². The normalized spacial score (nSPS) is 10.5. The van der Waals surface area contributed by atoms with Crippen LogP contribution in [-0.2, 0) is 7.05 Å². The minimum Gasteiger partial charge on any atom is -0.320 e. The van der Waals surface area contributed by atoms with Crippen molar-refractivity contribution >= 4 is 28.1 Å². The smallest absolute Gasteiger partial charge is 0.276 e. The molecule has 0 saturated carbocycles. The van der Waals surface area contributed by atoms with Crippen molar-refractivity contribution in [3.8, 4) is 0 Å². The molecule has 3 rings (SSSR count). The van der Waals surface area contributed by atoms with Gasteiger partial charge in [-0.05, 0) is 12.1 Å². The third kappa shape index (κ3) is 2.72. The lowest BCUT2D eigenvalue weighted by Gasteiger charge is -2.08. The van der Waals surface area contributed by atoms with E-state index in [9.17, 15) is 19.7 Å². The van der Waals surface area contributed by atoms with E-state index in [0.717, 1.165) is 4.68 Å². The minimum absolute atomic E-state index is 0.0687. The summed E-state index contributed by atoms with van der Waals surface area (Å²) in [4.78, 5) is 34.9. The highest BCUT2D eigenvalue weighted by molar-refractivity contribution is 6.11. The van der Waals surface area contributed by atoms with Crippen LogP contribution in [0.15, 0.2) is 53.3 Å². The molecule has 0 atom stereocenters. The number of amides is 1. The molecule has 8 heteroatoms. The van der Waals surface area contributed by atoms with Crippen LogP contribution in [0.2, 0.25) is 0 Å². The number of nitrogens with zero attached hydrogens (tertiary/aromatic N) is 3. The second kappa shape index (κ2) is 5.92. The molecule has 0 spiro atoms. The molecule has 0 fully saturated rings. The predicted molar refractivity (Wildman–Crippen MR) is 88.0 cm³/mol. The van der Waals surface area contributed by atoms with Crippen LogP contribution < -0.4 is 10.9 Å². The second-order valence-electron chi connectivity index (χ2n) is 5.08. The molecule has 0 radical (unpaired) electrons. The Morgan fingerprint density at radius 3 is 2.58 bits per heavy atom. The summed E-state index contributed by atoms with van der Waals surface area (Å²) >= 11 is 0. The van der Waals surface area contributed by atoms with Crippen LogP contribution in [0.4, 0.5) is 11.4 Å². The van der Waals surface area contributed by atoms with E-state index in [1.807, 2.05) is 0 Å². The molecule has 8 nitrogen and oxygen atoms in total. The largest absolute Gasteiger partial charge is 0.320 e. The van der Waals surface area contributed by atoms with Gasteiger partial charge in [0.25, 0.3) is 17.2 Å². The lowest BCUT2D eigenvalue weighted by atomic mass is 10.1. The van der Waals surface area contributed by atoms with E-state index in [1.165, 1.54) is 31.3 Å². The van der Waals surface area contributed by atoms with Gasteiger partial charge in [-0.2, -0.15) is 5.10 Å². The van der Waals surface area contributed by atoms with Gasteiger partial charge in [0.05, 0.1) is 10.3 Å². The molecule has 1 N–H and O–H groups in total. The molecule has 1 amide bonds. The SMILES string of the molecule is Cn1nc(C(=O)Nc2cccc([N+](=O)[O-])c2)c2ccccc2c1=O. The molecule has 3 aromatic rings. The van der Waals surface area contributed by atoms with Gasteiger partial charge in [-0.15, -0.1) is 0 Å². The van der Waals surface area contributed by atoms with Crippen molar-refractivity contribution < 1.29 is 9.72 Å². The van der Waals surface area contributed by atoms with Gasteiger partial charge in [-0.25, -0.2) is 4.68 Å². The topological polar surface area (TPSA) is 107 Å². The molecule has 0 saturated heterocycles. The Balaban J connectivity index is 2.04. The van der Waals surface area contributed by atoms with Crippen LogP contribution in [0.5, 0.6) is 0 Å². The van der Waals surface area contributed by atoms with Crippen molar-refractivity contribution in [2.45, 2.75) is 0 Å². The van der Waals surface area contributed by atoms with Gasteiger partial charge in [0.1, 0.15) is 0 Å². The van der Waals surface area contributed by atoms with Crippen molar-refractivity contribution in [1.29, 1.82) is 0 Å². The summed E-state index contributed by atoms with van der Waals surface area (Å²) in [6, 6.07) is 12.2. The number of hydrogen-bond acceptors (Lipinski definition) is 5. The van der Waals surface area contributed by atoms with Crippen LogP contribution in [0.25, 0.3) is 10.8 Å². The monoisotopic (exact) mass is 324 g/mol. The van der Waals surface area contributed by atoms with Crippen molar-refractivity contribution in [2.75, 3.05) is 5.32 Å². The first-order valence-electron chi connectivity index (χ1n) is 6.99. The summed E-state index contributed by atoms with van der Waals surface area (Å²) < 4.78 is 1.09. The number of benzene rings is 2. The Labute approximate surface area is 135 Å². The molecule has 0 unspecified atom stereocenters. The number of aryl methyl sites for hydroxylation is 1. The van der Waals surface area contributed by atoms with Crippen molar-refractivity contribution in [1.82, 2.24) is 9.78 Å². The molecule has 24 heavy (non-hydrogen) atoms. The number of non-ortho nitro benzene ring substituents is 1. The maximum Gasteiger partial charge on any atom is 0.276 e. The van der Waals surface area contributed by atoms with E-state index in [2.05, 4.69) is 10.4 Å². The standard InChI is InChI=1S/C16H12N4O4/c1-19-16(22)13-8-3-2-7-12(13)14(18-19)15(21)17-10-5-4-6-11(9-10)20(23)24/h2-9H,1H3,(H,17,21). The highest BCUT2D eigenvalue weighted by atomic mass is 16.6. The first kappa shape index (κ1) is 15.3. The van der Waals surface area contributed by atoms with Gasteiger partial charge in [0.2, 0.25) is 0 Å². The average molecular weight is 324 g/mol. The number of rotatable bonds is 3. The van der Waals surface area contributed by atoms with Gasteiger partial charge in [-0.1, -0.05) is 24.3 Å². The summed E-state index contributed by atoms with van der Waals surface area (Å²) in [6.07, 6.45) is 0. The first-order chi connectivity index (χ1) is 11.5. The molecular formula is C16H12N4O4. The maximum atomic E-state index is 12.5. The van der Waals surface area contributed by atoms with Gasteiger partial charge in [0, 0.05) is 30.3 Å². The fourth-order valence-electron chi connectivity index (χ4n) is 2.35. The number of carbonyl (C=O) groups is 1. The first-order valence-corrected chi connectivity index (χ1v) is 6.99. The van der Waals surface area contributed by atoms with Gasteiger partial charge in [0.15, 0.2) is 5.69 Å². The Bertz CT molecular complexity index is 1030. The molecule has 0 aliphatic rings. The molecular weight excluding hydrogens is 312 g/mol. The highest BCUT2D eigenvalue weighted by Gasteiger charge is 2.16. The summed E-state index contributed by atoms with van der Waals surface area (Å²) in [5, 5.41) is 18.2. The van der Waals surface area contributed by atoms with E-state index in [0.29, 0.717) is 10.8 Å². The summed E-state index contributed by atoms with van der Waals surface area (Å²) in [7, 11) is 1.46. The number of fused-ring (bicyclic) bond motifs is 1. The van der Waals surface area contributed by atoms with Gasteiger partial charge < -0.3 is 5.32 Å². The van der Waals surface area contributed by atoms with Crippen molar-refractivity contribution in [2.24, 2.45) is 7.05 Å². The number of aromatic nitrogens is 2. The number of nitro groups is 1. The Hall–Kier alpha value is -3.55. The molecule has 0 aliphatic heterocycles. The number of carbonyl (C=O) groups excluding carboxylic acids is 1. The fourth-order valence-corrected chi connectivity index (χ4v) is 2.35. The molecule has 0 bridgehead atoms.